The van der Waals surface area contributed by atoms with E-state index in [2.05, 4.69) is 10.2 Å². The summed E-state index contributed by atoms with van der Waals surface area (Å²) in [7, 11) is 0. The number of nitrogens with one attached hydrogen (secondary N) is 1. The number of amides is 1. The number of hydrogen-bond donors (Lipinski definition) is 1. The molecule has 0 unspecified atom stereocenters. The third-order valence-electron chi connectivity index (χ3n) is 4.78. The van der Waals surface area contributed by atoms with Crippen LogP contribution < -0.4 is 5.32 Å². The van der Waals surface area contributed by atoms with E-state index in [0.717, 1.165) is 43.6 Å². The monoisotopic (exact) mass is 410 g/mol. The topological polar surface area (TPSA) is 32.3 Å². The van der Waals surface area contributed by atoms with Crippen molar-refractivity contribution < 1.29 is 4.79 Å². The molecule has 0 spiro atoms. The van der Waals surface area contributed by atoms with Gasteiger partial charge < -0.3 is 5.32 Å². The van der Waals surface area contributed by atoms with Crippen LogP contribution in [0, 0.1) is 5.92 Å². The Morgan fingerprint density at radius 3 is 2.23 bits per heavy atom. The molecule has 0 atom stereocenters. The van der Waals surface area contributed by atoms with Gasteiger partial charge in [0.25, 0.3) is 0 Å². The second-order valence-corrected chi connectivity index (χ2v) is 7.85. The van der Waals surface area contributed by atoms with Gasteiger partial charge in [0.05, 0.1) is 0 Å². The molecule has 1 amide bonds. The Morgan fingerprint density at radius 1 is 1.00 bits per heavy atom. The average Bonchev–Trinajstić information content (AvgIpc) is 2.65. The van der Waals surface area contributed by atoms with Crippen molar-refractivity contribution in [1.82, 2.24) is 10.2 Å². The van der Waals surface area contributed by atoms with Crippen LogP contribution in [0.4, 0.5) is 0 Å². The van der Waals surface area contributed by atoms with Crippen molar-refractivity contribution in [2.45, 2.75) is 25.9 Å². The molecular formula is C20H21Cl3N2O. The lowest BCUT2D eigenvalue weighted by atomic mass is 9.95. The first-order chi connectivity index (χ1) is 12.5. The zero-order valence-electron chi connectivity index (χ0n) is 14.4. The van der Waals surface area contributed by atoms with Gasteiger partial charge in [0, 0.05) is 39.6 Å². The van der Waals surface area contributed by atoms with Crippen LogP contribution in [0.15, 0.2) is 42.5 Å². The summed E-state index contributed by atoms with van der Waals surface area (Å²) in [5.41, 5.74) is 2.01. The van der Waals surface area contributed by atoms with E-state index in [-0.39, 0.29) is 11.8 Å². The Balaban J connectivity index is 1.47. The summed E-state index contributed by atoms with van der Waals surface area (Å²) >= 11 is 18.4. The van der Waals surface area contributed by atoms with Gasteiger partial charge in [0.1, 0.15) is 0 Å². The van der Waals surface area contributed by atoms with Crippen molar-refractivity contribution in [2.24, 2.45) is 5.92 Å². The second kappa shape index (κ2) is 9.09. The molecule has 1 aliphatic rings. The Kier molecular flexibility index (Phi) is 6.82. The number of benzene rings is 2. The third kappa shape index (κ3) is 5.14. The lowest BCUT2D eigenvalue weighted by Gasteiger charge is -2.31. The van der Waals surface area contributed by atoms with E-state index in [9.17, 15) is 4.79 Å². The fourth-order valence-electron chi connectivity index (χ4n) is 3.20. The lowest BCUT2D eigenvalue weighted by Crippen LogP contribution is -2.40. The first-order valence-electron chi connectivity index (χ1n) is 8.70. The number of nitrogens with zero attached hydrogens (tertiary/aromatic N) is 1. The van der Waals surface area contributed by atoms with E-state index in [1.807, 2.05) is 42.5 Å². The van der Waals surface area contributed by atoms with Gasteiger partial charge in [0.15, 0.2) is 0 Å². The summed E-state index contributed by atoms with van der Waals surface area (Å²) in [5.74, 6) is 0.177. The highest BCUT2D eigenvalue weighted by molar-refractivity contribution is 6.36. The maximum Gasteiger partial charge on any atom is 0.223 e. The maximum atomic E-state index is 12.4. The smallest absolute Gasteiger partial charge is 0.223 e. The predicted octanol–water partition coefficient (Wildman–Crippen LogP) is 5.18. The van der Waals surface area contributed by atoms with Gasteiger partial charge in [-0.1, -0.05) is 53.0 Å². The predicted molar refractivity (Wildman–Crippen MR) is 108 cm³/mol. The van der Waals surface area contributed by atoms with Crippen LogP contribution in [-0.2, 0) is 17.9 Å². The molecule has 2 aromatic carbocycles. The van der Waals surface area contributed by atoms with E-state index in [1.165, 1.54) is 0 Å². The van der Waals surface area contributed by atoms with E-state index in [1.54, 1.807) is 0 Å². The van der Waals surface area contributed by atoms with Crippen LogP contribution in [0.25, 0.3) is 0 Å². The Morgan fingerprint density at radius 2 is 1.62 bits per heavy atom. The molecule has 26 heavy (non-hydrogen) atoms. The van der Waals surface area contributed by atoms with Crippen molar-refractivity contribution in [3.63, 3.8) is 0 Å². The van der Waals surface area contributed by atoms with Gasteiger partial charge in [0.2, 0.25) is 5.91 Å². The highest BCUT2D eigenvalue weighted by Crippen LogP contribution is 2.27. The first kappa shape index (κ1) is 19.5. The van der Waals surface area contributed by atoms with Crippen LogP contribution >= 0.6 is 34.8 Å². The van der Waals surface area contributed by atoms with E-state index >= 15 is 0 Å². The molecule has 6 heteroatoms. The summed E-state index contributed by atoms with van der Waals surface area (Å²) in [6.07, 6.45) is 1.68. The van der Waals surface area contributed by atoms with Gasteiger partial charge in [-0.05, 0) is 55.8 Å². The molecule has 3 rings (SSSR count). The number of carbonyl (C=O) groups excluding carboxylic acids is 1. The standard InChI is InChI=1S/C20H21Cl3N2O/c21-16-6-4-14(5-7-16)12-24-20(26)15-8-10-25(11-9-15)13-17-18(22)2-1-3-19(17)23/h1-7,15H,8-13H2,(H,24,26). The molecule has 1 aliphatic heterocycles. The summed E-state index contributed by atoms with van der Waals surface area (Å²) in [6, 6.07) is 13.1. The Labute approximate surface area is 169 Å². The van der Waals surface area contributed by atoms with Gasteiger partial charge in [-0.2, -0.15) is 0 Å². The van der Waals surface area contributed by atoms with Gasteiger partial charge in [-0.3, -0.25) is 9.69 Å². The minimum absolute atomic E-state index is 0.0558. The summed E-state index contributed by atoms with van der Waals surface area (Å²) in [5, 5.41) is 5.12. The molecule has 1 saturated heterocycles. The molecule has 0 aliphatic carbocycles. The maximum absolute atomic E-state index is 12.4. The number of piperidine rings is 1. The molecule has 1 fully saturated rings. The second-order valence-electron chi connectivity index (χ2n) is 6.59. The van der Waals surface area contributed by atoms with Gasteiger partial charge >= 0.3 is 0 Å². The molecule has 0 saturated carbocycles. The van der Waals surface area contributed by atoms with Crippen molar-refractivity contribution in [3.8, 4) is 0 Å². The minimum Gasteiger partial charge on any atom is -0.352 e. The molecule has 0 radical (unpaired) electrons. The minimum atomic E-state index is 0.0558. The molecule has 138 valence electrons. The summed E-state index contributed by atoms with van der Waals surface area (Å²) < 4.78 is 0. The van der Waals surface area contributed by atoms with Crippen molar-refractivity contribution >= 4 is 40.7 Å². The van der Waals surface area contributed by atoms with Gasteiger partial charge in [-0.25, -0.2) is 0 Å². The Hall–Kier alpha value is -1.26. The molecule has 2 aromatic rings. The summed E-state index contributed by atoms with van der Waals surface area (Å²) in [4.78, 5) is 14.7. The van der Waals surface area contributed by atoms with E-state index in [0.29, 0.717) is 21.6 Å². The Bertz CT molecular complexity index is 736. The van der Waals surface area contributed by atoms with E-state index in [4.69, 9.17) is 34.8 Å². The number of likely N-dealkylation sites (tertiary alicyclic amines) is 1. The van der Waals surface area contributed by atoms with Crippen LogP contribution in [0.2, 0.25) is 15.1 Å². The highest BCUT2D eigenvalue weighted by Gasteiger charge is 2.25. The lowest BCUT2D eigenvalue weighted by molar-refractivity contribution is -0.126. The van der Waals surface area contributed by atoms with Crippen LogP contribution in [0.3, 0.4) is 0 Å². The van der Waals surface area contributed by atoms with Crippen LogP contribution in [0.5, 0.6) is 0 Å². The molecule has 1 heterocycles. The zero-order valence-corrected chi connectivity index (χ0v) is 16.6. The first-order valence-corrected chi connectivity index (χ1v) is 9.83. The average molecular weight is 412 g/mol. The molecule has 3 nitrogen and oxygen atoms in total. The fourth-order valence-corrected chi connectivity index (χ4v) is 3.84. The van der Waals surface area contributed by atoms with Crippen molar-refractivity contribution in [2.75, 3.05) is 13.1 Å². The third-order valence-corrected chi connectivity index (χ3v) is 5.74. The normalized spacial score (nSPS) is 15.8. The molecule has 0 bridgehead atoms. The molecule has 1 N–H and O–H groups in total. The van der Waals surface area contributed by atoms with Crippen molar-refractivity contribution in [1.29, 1.82) is 0 Å². The van der Waals surface area contributed by atoms with Crippen LogP contribution in [-0.4, -0.2) is 23.9 Å². The molecular weight excluding hydrogens is 391 g/mol. The quantitative estimate of drug-likeness (QED) is 0.735. The van der Waals surface area contributed by atoms with Crippen LogP contribution in [0.1, 0.15) is 24.0 Å². The number of hydrogen-bond acceptors (Lipinski definition) is 2. The summed E-state index contributed by atoms with van der Waals surface area (Å²) in [6.45, 7) is 2.98. The SMILES string of the molecule is O=C(NCc1ccc(Cl)cc1)C1CCN(Cc2c(Cl)cccc2Cl)CC1. The number of rotatable bonds is 5. The zero-order chi connectivity index (χ0) is 18.5. The largest absolute Gasteiger partial charge is 0.352 e. The van der Waals surface area contributed by atoms with E-state index < -0.39 is 0 Å². The highest BCUT2D eigenvalue weighted by atomic mass is 35.5. The van der Waals surface area contributed by atoms with Crippen molar-refractivity contribution in [3.05, 3.63) is 68.7 Å². The number of halogens is 3. The van der Waals surface area contributed by atoms with Gasteiger partial charge in [-0.15, -0.1) is 0 Å². The number of carbonyl (C=O) groups is 1. The molecule has 0 aromatic heterocycles. The fraction of sp³-hybridized carbons (Fsp3) is 0.350.